The van der Waals surface area contributed by atoms with E-state index in [1.807, 2.05) is 30.3 Å². The van der Waals surface area contributed by atoms with Crippen molar-refractivity contribution in [2.45, 2.75) is 74.1 Å². The summed E-state index contributed by atoms with van der Waals surface area (Å²) in [5.74, 6) is -0.0405. The number of ether oxygens (including phenoxy) is 3. The van der Waals surface area contributed by atoms with Crippen LogP contribution < -0.4 is 5.32 Å². The number of amides is 1. The summed E-state index contributed by atoms with van der Waals surface area (Å²) in [6.07, 6.45) is 2.65. The lowest BCUT2D eigenvalue weighted by atomic mass is 10.0. The molecule has 42 heavy (non-hydrogen) atoms. The quantitative estimate of drug-likeness (QED) is 0.282. The monoisotopic (exact) mass is 600 g/mol. The smallest absolute Gasteiger partial charge is 0.407 e. The first-order valence-corrected chi connectivity index (χ1v) is 15.9. The van der Waals surface area contributed by atoms with Crippen LogP contribution in [0.1, 0.15) is 37.7 Å². The van der Waals surface area contributed by atoms with Gasteiger partial charge in [0.05, 0.1) is 60.5 Å². The maximum atomic E-state index is 13.9. The predicted octanol–water partition coefficient (Wildman–Crippen LogP) is 2.89. The number of rotatable bonds is 11. The van der Waals surface area contributed by atoms with Gasteiger partial charge in [0.25, 0.3) is 10.0 Å². The summed E-state index contributed by atoms with van der Waals surface area (Å²) in [7, 11) is -4.18. The SMILES string of the molecule is O=C(N[C@@H](Cc1ccccc1)C(O)CN(OC1CCCC1)S(=O)(=O)c1ccc2[nH]ncc2c1)OC1COC2OCCC12. The van der Waals surface area contributed by atoms with Crippen molar-refractivity contribution in [2.24, 2.45) is 5.92 Å². The number of sulfonamides is 1. The normalized spacial score (nSPS) is 24.2. The van der Waals surface area contributed by atoms with Crippen LogP contribution in [0, 0.1) is 5.92 Å². The van der Waals surface area contributed by atoms with Crippen molar-refractivity contribution < 1.29 is 37.4 Å². The van der Waals surface area contributed by atoms with Gasteiger partial charge in [-0.3, -0.25) is 9.94 Å². The minimum atomic E-state index is -4.18. The predicted molar refractivity (Wildman–Crippen MR) is 150 cm³/mol. The van der Waals surface area contributed by atoms with Gasteiger partial charge in [-0.05, 0) is 49.4 Å². The Morgan fingerprint density at radius 2 is 1.95 bits per heavy atom. The van der Waals surface area contributed by atoms with Gasteiger partial charge < -0.3 is 24.6 Å². The average molecular weight is 601 g/mol. The van der Waals surface area contributed by atoms with Gasteiger partial charge in [-0.25, -0.2) is 13.2 Å². The van der Waals surface area contributed by atoms with E-state index >= 15 is 0 Å². The molecule has 5 atom stereocenters. The fourth-order valence-corrected chi connectivity index (χ4v) is 7.19. The molecule has 13 heteroatoms. The number of benzene rings is 2. The van der Waals surface area contributed by atoms with Gasteiger partial charge in [-0.1, -0.05) is 47.6 Å². The summed E-state index contributed by atoms with van der Waals surface area (Å²) >= 11 is 0. The molecule has 6 rings (SSSR count). The third-order valence-corrected chi connectivity index (χ3v) is 9.81. The highest BCUT2D eigenvalue weighted by molar-refractivity contribution is 7.89. The maximum Gasteiger partial charge on any atom is 0.407 e. The number of aromatic amines is 1. The van der Waals surface area contributed by atoms with Crippen LogP contribution in [-0.2, 0) is 35.5 Å². The van der Waals surface area contributed by atoms with E-state index in [-0.39, 0.29) is 36.2 Å². The number of fused-ring (bicyclic) bond motifs is 2. The number of hydrogen-bond donors (Lipinski definition) is 3. The number of aliphatic hydroxyl groups is 1. The van der Waals surface area contributed by atoms with Gasteiger partial charge in [0.2, 0.25) is 0 Å². The number of aliphatic hydroxyl groups excluding tert-OH is 1. The second kappa shape index (κ2) is 12.7. The Morgan fingerprint density at radius 3 is 2.76 bits per heavy atom. The lowest BCUT2D eigenvalue weighted by molar-refractivity contribution is -0.145. The van der Waals surface area contributed by atoms with Gasteiger partial charge in [0.1, 0.15) is 6.10 Å². The Morgan fingerprint density at radius 1 is 1.14 bits per heavy atom. The molecule has 2 aliphatic heterocycles. The zero-order valence-electron chi connectivity index (χ0n) is 23.1. The molecule has 3 fully saturated rings. The van der Waals surface area contributed by atoms with Gasteiger partial charge in [-0.2, -0.15) is 5.10 Å². The van der Waals surface area contributed by atoms with Crippen LogP contribution in [-0.4, -0.2) is 84.7 Å². The van der Waals surface area contributed by atoms with Crippen LogP contribution in [0.5, 0.6) is 0 Å². The van der Waals surface area contributed by atoms with Gasteiger partial charge in [-0.15, -0.1) is 0 Å². The molecule has 4 unspecified atom stereocenters. The third-order valence-electron chi connectivity index (χ3n) is 8.19. The molecule has 2 saturated heterocycles. The van der Waals surface area contributed by atoms with Crippen molar-refractivity contribution >= 4 is 27.0 Å². The lowest BCUT2D eigenvalue weighted by Gasteiger charge is -2.31. The Hall–Kier alpha value is -3.07. The summed E-state index contributed by atoms with van der Waals surface area (Å²) < 4.78 is 45.4. The van der Waals surface area contributed by atoms with Gasteiger partial charge in [0.15, 0.2) is 6.29 Å². The highest BCUT2D eigenvalue weighted by atomic mass is 32.2. The largest absolute Gasteiger partial charge is 0.443 e. The standard InChI is InChI=1S/C29H36N4O8S/c34-26(17-33(41-21-8-4-5-9-21)42(36,37)22-10-11-24-20(15-22)16-30-32-24)25(14-19-6-2-1-3-7-19)31-29(35)40-27-18-39-28-23(27)12-13-38-28/h1-3,6-7,10-11,15-16,21,23,25-28,34H,4-5,8-9,12-14,17-18H2,(H,30,32)(H,31,35)/t23?,25-,26?,27?,28?/m0/s1. The number of hydrogen-bond acceptors (Lipinski definition) is 9. The first-order valence-electron chi connectivity index (χ1n) is 14.4. The van der Waals surface area contributed by atoms with Crippen molar-refractivity contribution in [3.63, 3.8) is 0 Å². The first kappa shape index (κ1) is 29.0. The Balaban J connectivity index is 1.22. The molecule has 226 valence electrons. The maximum absolute atomic E-state index is 13.9. The third kappa shape index (κ3) is 6.46. The zero-order valence-corrected chi connectivity index (χ0v) is 23.9. The fraction of sp³-hybridized carbons (Fsp3) is 0.517. The van der Waals surface area contributed by atoms with E-state index in [1.54, 1.807) is 12.3 Å². The molecule has 0 bridgehead atoms. The zero-order chi connectivity index (χ0) is 29.1. The Labute approximate surface area is 244 Å². The van der Waals surface area contributed by atoms with Crippen LogP contribution in [0.25, 0.3) is 10.9 Å². The minimum absolute atomic E-state index is 0.0168. The highest BCUT2D eigenvalue weighted by Gasteiger charge is 2.44. The molecule has 2 aromatic carbocycles. The molecule has 0 spiro atoms. The summed E-state index contributed by atoms with van der Waals surface area (Å²) in [5.41, 5.74) is 1.55. The highest BCUT2D eigenvalue weighted by Crippen LogP contribution is 2.33. The van der Waals surface area contributed by atoms with Gasteiger partial charge in [0, 0.05) is 5.39 Å². The number of H-pyrrole nitrogens is 1. The first-order chi connectivity index (χ1) is 20.4. The number of aromatic nitrogens is 2. The van der Waals surface area contributed by atoms with E-state index in [9.17, 15) is 18.3 Å². The van der Waals surface area contributed by atoms with E-state index in [2.05, 4.69) is 15.5 Å². The van der Waals surface area contributed by atoms with Crippen molar-refractivity contribution in [3.05, 3.63) is 60.3 Å². The molecule has 1 amide bonds. The Kier molecular flexibility index (Phi) is 8.75. The minimum Gasteiger partial charge on any atom is -0.443 e. The molecular formula is C29H36N4O8S. The van der Waals surface area contributed by atoms with Crippen LogP contribution in [0.4, 0.5) is 4.79 Å². The number of nitrogens with one attached hydrogen (secondary N) is 2. The molecule has 3 heterocycles. The second-order valence-corrected chi connectivity index (χ2v) is 12.9. The average Bonchev–Trinajstić information content (AvgIpc) is 3.79. The summed E-state index contributed by atoms with van der Waals surface area (Å²) in [4.78, 5) is 19.1. The molecule has 0 radical (unpaired) electrons. The molecule has 1 aliphatic carbocycles. The number of nitrogens with zero attached hydrogens (tertiary/aromatic N) is 2. The summed E-state index contributed by atoms with van der Waals surface area (Å²) in [6.45, 7) is 0.382. The Bertz CT molecular complexity index is 1460. The van der Waals surface area contributed by atoms with E-state index in [0.29, 0.717) is 17.5 Å². The molecule has 3 aliphatic rings. The molecule has 12 nitrogen and oxygen atoms in total. The van der Waals surface area contributed by atoms with E-state index in [1.165, 1.54) is 12.1 Å². The number of carbonyl (C=O) groups is 1. The topological polar surface area (TPSA) is 152 Å². The molecule has 3 aromatic rings. The van der Waals surface area contributed by atoms with Crippen LogP contribution in [0.3, 0.4) is 0 Å². The van der Waals surface area contributed by atoms with Crippen molar-refractivity contribution in [1.82, 2.24) is 20.0 Å². The summed E-state index contributed by atoms with van der Waals surface area (Å²) in [5, 5.41) is 21.7. The second-order valence-electron chi connectivity index (χ2n) is 11.1. The van der Waals surface area contributed by atoms with E-state index in [4.69, 9.17) is 19.0 Å². The lowest BCUT2D eigenvalue weighted by Crippen LogP contribution is -2.51. The number of alkyl carbamates (subject to hydrolysis) is 1. The van der Waals surface area contributed by atoms with E-state index < -0.39 is 40.9 Å². The molecule has 1 aromatic heterocycles. The van der Waals surface area contributed by atoms with Crippen molar-refractivity contribution in [3.8, 4) is 0 Å². The molecule has 3 N–H and O–H groups in total. The van der Waals surface area contributed by atoms with E-state index in [0.717, 1.165) is 42.1 Å². The molecular weight excluding hydrogens is 564 g/mol. The van der Waals surface area contributed by atoms with Crippen LogP contribution in [0.15, 0.2) is 59.6 Å². The van der Waals surface area contributed by atoms with Gasteiger partial charge >= 0.3 is 6.09 Å². The van der Waals surface area contributed by atoms with Crippen molar-refractivity contribution in [2.75, 3.05) is 19.8 Å². The van der Waals surface area contributed by atoms with Crippen LogP contribution in [0.2, 0.25) is 0 Å². The van der Waals surface area contributed by atoms with Crippen molar-refractivity contribution in [1.29, 1.82) is 0 Å². The van der Waals surface area contributed by atoms with Crippen LogP contribution >= 0.6 is 0 Å². The number of hydroxylamine groups is 1. The summed E-state index contributed by atoms with van der Waals surface area (Å²) in [6, 6.07) is 13.1. The fourth-order valence-electron chi connectivity index (χ4n) is 5.86. The molecule has 1 saturated carbocycles. The number of carbonyl (C=O) groups excluding carboxylic acids is 1.